The van der Waals surface area contributed by atoms with E-state index in [1.54, 1.807) is 25.3 Å². The molecule has 0 aromatic carbocycles. The van der Waals surface area contributed by atoms with E-state index in [1.165, 1.54) is 24.8 Å². The second-order valence-corrected chi connectivity index (χ2v) is 8.59. The Bertz CT molecular complexity index is 1150. The SMILES string of the molecule is Cc1ncc(-c2c(C)ncnc2N2CCOCC2)cc1NS(=O)(=O)c1cccnc1. The molecular weight excluding hydrogens is 404 g/mol. The standard InChI is InChI=1S/C20H22N6O3S/c1-14-18(25-30(27,28)17-4-3-5-21-12-17)10-16(11-22-14)19-15(2)23-13-24-20(19)26-6-8-29-9-7-26/h3-5,10-13,25H,6-9H2,1-2H3. The molecule has 0 bridgehead atoms. The van der Waals surface area contributed by atoms with Gasteiger partial charge in [0.25, 0.3) is 10.0 Å². The van der Waals surface area contributed by atoms with Crippen molar-refractivity contribution in [2.24, 2.45) is 0 Å². The molecule has 0 atom stereocenters. The van der Waals surface area contributed by atoms with Gasteiger partial charge >= 0.3 is 0 Å². The summed E-state index contributed by atoms with van der Waals surface area (Å²) in [4.78, 5) is 19.4. The summed E-state index contributed by atoms with van der Waals surface area (Å²) in [6.45, 7) is 6.37. The zero-order valence-corrected chi connectivity index (χ0v) is 17.6. The molecule has 3 aromatic heterocycles. The molecule has 4 heterocycles. The first-order valence-electron chi connectivity index (χ1n) is 9.50. The van der Waals surface area contributed by atoms with Crippen LogP contribution in [-0.2, 0) is 14.8 Å². The number of rotatable bonds is 5. The van der Waals surface area contributed by atoms with Gasteiger partial charge in [-0.2, -0.15) is 0 Å². The molecular formula is C20H22N6O3S. The van der Waals surface area contributed by atoms with Crippen molar-refractivity contribution >= 4 is 21.5 Å². The van der Waals surface area contributed by atoms with Crippen LogP contribution in [0.4, 0.5) is 11.5 Å². The number of morpholine rings is 1. The Hall–Kier alpha value is -3.11. The van der Waals surface area contributed by atoms with Crippen molar-refractivity contribution in [3.8, 4) is 11.1 Å². The predicted molar refractivity (Wildman–Crippen MR) is 113 cm³/mol. The third-order valence-corrected chi connectivity index (χ3v) is 6.24. The maximum absolute atomic E-state index is 12.8. The molecule has 0 radical (unpaired) electrons. The lowest BCUT2D eigenvalue weighted by atomic mass is 10.0. The molecule has 1 fully saturated rings. The van der Waals surface area contributed by atoms with Gasteiger partial charge in [0.15, 0.2) is 0 Å². The van der Waals surface area contributed by atoms with Gasteiger partial charge in [-0.25, -0.2) is 18.4 Å². The molecule has 0 unspecified atom stereocenters. The maximum atomic E-state index is 12.8. The second-order valence-electron chi connectivity index (χ2n) is 6.91. The number of anilines is 2. The Balaban J connectivity index is 1.74. The number of pyridine rings is 2. The summed E-state index contributed by atoms with van der Waals surface area (Å²) < 4.78 is 33.6. The van der Waals surface area contributed by atoms with Gasteiger partial charge in [0, 0.05) is 42.8 Å². The Labute approximate surface area is 175 Å². The summed E-state index contributed by atoms with van der Waals surface area (Å²) in [7, 11) is -3.79. The van der Waals surface area contributed by atoms with Gasteiger partial charge in [0.2, 0.25) is 0 Å². The van der Waals surface area contributed by atoms with Crippen molar-refractivity contribution in [3.63, 3.8) is 0 Å². The molecule has 0 saturated carbocycles. The van der Waals surface area contributed by atoms with Gasteiger partial charge in [-0.05, 0) is 32.0 Å². The maximum Gasteiger partial charge on any atom is 0.263 e. The van der Waals surface area contributed by atoms with Crippen LogP contribution in [0.3, 0.4) is 0 Å². The zero-order chi connectivity index (χ0) is 21.1. The summed E-state index contributed by atoms with van der Waals surface area (Å²) in [5.41, 5.74) is 3.32. The number of ether oxygens (including phenoxy) is 1. The van der Waals surface area contributed by atoms with Crippen LogP contribution in [0.5, 0.6) is 0 Å². The zero-order valence-electron chi connectivity index (χ0n) is 16.7. The average Bonchev–Trinajstić information content (AvgIpc) is 2.76. The van der Waals surface area contributed by atoms with Gasteiger partial charge in [0.05, 0.1) is 30.3 Å². The summed E-state index contributed by atoms with van der Waals surface area (Å²) in [5.74, 6) is 0.789. The summed E-state index contributed by atoms with van der Waals surface area (Å²) >= 11 is 0. The van der Waals surface area contributed by atoms with E-state index in [0.29, 0.717) is 24.6 Å². The largest absolute Gasteiger partial charge is 0.378 e. The molecule has 156 valence electrons. The van der Waals surface area contributed by atoms with Gasteiger partial charge in [-0.1, -0.05) is 0 Å². The van der Waals surface area contributed by atoms with Crippen LogP contribution in [0.25, 0.3) is 11.1 Å². The minimum absolute atomic E-state index is 0.0861. The molecule has 30 heavy (non-hydrogen) atoms. The highest BCUT2D eigenvalue weighted by Gasteiger charge is 2.21. The van der Waals surface area contributed by atoms with Crippen LogP contribution in [0.15, 0.2) is 48.0 Å². The number of hydrogen-bond donors (Lipinski definition) is 1. The van der Waals surface area contributed by atoms with Crippen molar-refractivity contribution < 1.29 is 13.2 Å². The first kappa shape index (κ1) is 20.2. The van der Waals surface area contributed by atoms with Crippen molar-refractivity contribution in [2.75, 3.05) is 35.9 Å². The number of nitrogens with zero attached hydrogens (tertiary/aromatic N) is 5. The lowest BCUT2D eigenvalue weighted by molar-refractivity contribution is 0.122. The van der Waals surface area contributed by atoms with E-state index >= 15 is 0 Å². The highest BCUT2D eigenvalue weighted by Crippen LogP contribution is 2.33. The fourth-order valence-corrected chi connectivity index (χ4v) is 4.37. The summed E-state index contributed by atoms with van der Waals surface area (Å²) in [6.07, 6.45) is 6.09. The Morgan fingerprint density at radius 3 is 2.60 bits per heavy atom. The number of nitrogens with one attached hydrogen (secondary N) is 1. The molecule has 4 rings (SSSR count). The van der Waals surface area contributed by atoms with Crippen molar-refractivity contribution in [1.82, 2.24) is 19.9 Å². The highest BCUT2D eigenvalue weighted by molar-refractivity contribution is 7.92. The molecule has 1 aliphatic heterocycles. The van der Waals surface area contributed by atoms with Crippen molar-refractivity contribution in [1.29, 1.82) is 0 Å². The molecule has 0 spiro atoms. The van der Waals surface area contributed by atoms with E-state index in [-0.39, 0.29) is 4.90 Å². The van der Waals surface area contributed by atoms with Gasteiger partial charge in [-0.3, -0.25) is 14.7 Å². The molecule has 0 aliphatic carbocycles. The number of aryl methyl sites for hydroxylation is 2. The first-order chi connectivity index (χ1) is 14.5. The normalized spacial score (nSPS) is 14.5. The number of sulfonamides is 1. The van der Waals surface area contributed by atoms with Crippen molar-refractivity contribution in [3.05, 3.63) is 54.5 Å². The fraction of sp³-hybridized carbons (Fsp3) is 0.300. The van der Waals surface area contributed by atoms with E-state index in [2.05, 4.69) is 29.6 Å². The number of aromatic nitrogens is 4. The molecule has 1 saturated heterocycles. The molecule has 3 aromatic rings. The predicted octanol–water partition coefficient (Wildman–Crippen LogP) is 2.19. The second kappa shape index (κ2) is 8.33. The fourth-order valence-electron chi connectivity index (χ4n) is 3.30. The number of hydrogen-bond acceptors (Lipinski definition) is 8. The van der Waals surface area contributed by atoms with Gasteiger partial charge < -0.3 is 9.64 Å². The smallest absolute Gasteiger partial charge is 0.263 e. The monoisotopic (exact) mass is 426 g/mol. The van der Waals surface area contributed by atoms with E-state index in [4.69, 9.17) is 4.74 Å². The molecule has 10 heteroatoms. The molecule has 1 aliphatic rings. The van der Waals surface area contributed by atoms with E-state index in [1.807, 2.05) is 6.92 Å². The van der Waals surface area contributed by atoms with Crippen LogP contribution in [-0.4, -0.2) is 54.7 Å². The third kappa shape index (κ3) is 4.10. The van der Waals surface area contributed by atoms with E-state index in [9.17, 15) is 8.42 Å². The molecule has 0 amide bonds. The average molecular weight is 427 g/mol. The Morgan fingerprint density at radius 1 is 1.07 bits per heavy atom. The molecule has 9 nitrogen and oxygen atoms in total. The van der Waals surface area contributed by atoms with Crippen LogP contribution in [0.2, 0.25) is 0 Å². The third-order valence-electron chi connectivity index (χ3n) is 4.89. The summed E-state index contributed by atoms with van der Waals surface area (Å²) in [6, 6.07) is 4.84. The van der Waals surface area contributed by atoms with E-state index in [0.717, 1.165) is 35.7 Å². The van der Waals surface area contributed by atoms with Crippen molar-refractivity contribution in [2.45, 2.75) is 18.7 Å². The van der Waals surface area contributed by atoms with E-state index < -0.39 is 10.0 Å². The highest BCUT2D eigenvalue weighted by atomic mass is 32.2. The first-order valence-corrected chi connectivity index (χ1v) is 11.0. The summed E-state index contributed by atoms with van der Waals surface area (Å²) in [5, 5.41) is 0. The Kier molecular flexibility index (Phi) is 5.60. The lowest BCUT2D eigenvalue weighted by Gasteiger charge is -2.29. The van der Waals surface area contributed by atoms with Crippen LogP contribution >= 0.6 is 0 Å². The van der Waals surface area contributed by atoms with Crippen LogP contribution in [0, 0.1) is 13.8 Å². The van der Waals surface area contributed by atoms with Gasteiger partial charge in [0.1, 0.15) is 17.0 Å². The van der Waals surface area contributed by atoms with Gasteiger partial charge in [-0.15, -0.1) is 0 Å². The van der Waals surface area contributed by atoms with Crippen LogP contribution in [0.1, 0.15) is 11.4 Å². The minimum Gasteiger partial charge on any atom is -0.378 e. The lowest BCUT2D eigenvalue weighted by Crippen LogP contribution is -2.37. The topological polar surface area (TPSA) is 110 Å². The Morgan fingerprint density at radius 2 is 1.87 bits per heavy atom. The minimum atomic E-state index is -3.79. The quantitative estimate of drug-likeness (QED) is 0.661. The molecule has 1 N–H and O–H groups in total. The van der Waals surface area contributed by atoms with Crippen LogP contribution < -0.4 is 9.62 Å².